The Bertz CT molecular complexity index is 652. The van der Waals surface area contributed by atoms with Crippen molar-refractivity contribution in [2.24, 2.45) is 23.7 Å². The minimum atomic E-state index is -0.0888. The van der Waals surface area contributed by atoms with E-state index in [0.717, 1.165) is 35.9 Å². The highest BCUT2D eigenvalue weighted by molar-refractivity contribution is 5.79. The van der Waals surface area contributed by atoms with Crippen LogP contribution in [0.25, 0.3) is 0 Å². The average Bonchev–Trinajstić information content (AvgIpc) is 3.27. The van der Waals surface area contributed by atoms with Gasteiger partial charge in [-0.25, -0.2) is 0 Å². The smallest absolute Gasteiger partial charge is 0.223 e. The van der Waals surface area contributed by atoms with Gasteiger partial charge in [-0.05, 0) is 63.2 Å². The Hall–Kier alpha value is -1.65. The van der Waals surface area contributed by atoms with Crippen LogP contribution in [0.2, 0.25) is 0 Å². The lowest BCUT2D eigenvalue weighted by Crippen LogP contribution is -2.37. The largest absolute Gasteiger partial charge is 0.494 e. The Labute approximate surface area is 143 Å². The molecule has 3 aliphatic rings. The number of nitrogens with one attached hydrogen (secondary N) is 1. The van der Waals surface area contributed by atoms with E-state index in [1.54, 1.807) is 0 Å². The average molecular weight is 332 g/mol. The molecular formula is C19H28N2O3. The van der Waals surface area contributed by atoms with Crippen LogP contribution in [0.1, 0.15) is 50.2 Å². The number of nitrogens with zero attached hydrogens (tertiary/aromatic N) is 1. The van der Waals surface area contributed by atoms with Crippen LogP contribution in [0, 0.1) is 23.7 Å². The molecule has 0 radical (unpaired) electrons. The summed E-state index contributed by atoms with van der Waals surface area (Å²) in [6, 6.07) is 0. The molecular weight excluding hydrogens is 304 g/mol. The molecule has 2 saturated carbocycles. The van der Waals surface area contributed by atoms with Crippen LogP contribution >= 0.6 is 0 Å². The molecule has 4 rings (SSSR count). The number of rotatable bonds is 4. The van der Waals surface area contributed by atoms with Crippen LogP contribution in [-0.2, 0) is 24.2 Å². The highest BCUT2D eigenvalue weighted by Crippen LogP contribution is 2.48. The van der Waals surface area contributed by atoms with Gasteiger partial charge in [-0.1, -0.05) is 6.42 Å². The molecule has 132 valence electrons. The molecule has 3 N–H and O–H groups in total. The number of aromatic nitrogens is 1. The van der Waals surface area contributed by atoms with Crippen LogP contribution in [-0.4, -0.2) is 27.2 Å². The maximum absolute atomic E-state index is 12.6. The standard InChI is InChI=1S/C19H28N2O3/c1-2-21-18(23)15-6-5-13(9-16(15)19(21)24)17(22)20-10-14-8-11-3-4-12(14)7-11/h11-14,23-24H,2-10H2,1H3,(H,20,22). The number of carbonyl (C=O) groups excluding carboxylic acids is 1. The van der Waals surface area contributed by atoms with E-state index in [0.29, 0.717) is 25.3 Å². The van der Waals surface area contributed by atoms with Crippen molar-refractivity contribution in [3.8, 4) is 11.8 Å². The van der Waals surface area contributed by atoms with E-state index in [2.05, 4.69) is 5.32 Å². The molecule has 1 heterocycles. The van der Waals surface area contributed by atoms with Gasteiger partial charge in [0.2, 0.25) is 5.91 Å². The summed E-state index contributed by atoms with van der Waals surface area (Å²) in [4.78, 5) is 12.6. The molecule has 4 atom stereocenters. The zero-order valence-corrected chi connectivity index (χ0v) is 14.4. The van der Waals surface area contributed by atoms with Crippen LogP contribution in [0.15, 0.2) is 0 Å². The topological polar surface area (TPSA) is 74.5 Å². The summed E-state index contributed by atoms with van der Waals surface area (Å²) in [5, 5.41) is 23.7. The van der Waals surface area contributed by atoms with E-state index in [9.17, 15) is 15.0 Å². The molecule has 4 unspecified atom stereocenters. The van der Waals surface area contributed by atoms with Crippen molar-refractivity contribution in [2.75, 3.05) is 6.54 Å². The van der Waals surface area contributed by atoms with E-state index in [1.165, 1.54) is 30.3 Å². The number of amides is 1. The fourth-order valence-corrected chi connectivity index (χ4v) is 5.37. The van der Waals surface area contributed by atoms with Crippen molar-refractivity contribution >= 4 is 5.91 Å². The lowest BCUT2D eigenvalue weighted by molar-refractivity contribution is -0.125. The third-order valence-corrected chi connectivity index (χ3v) is 6.72. The summed E-state index contributed by atoms with van der Waals surface area (Å²) in [6.07, 6.45) is 7.32. The number of hydrogen-bond donors (Lipinski definition) is 3. The maximum atomic E-state index is 12.6. The third kappa shape index (κ3) is 2.49. The molecule has 2 fully saturated rings. The molecule has 0 aromatic carbocycles. The SMILES string of the molecule is CCn1c(O)c2c(c1O)CC(C(=O)NCC1CC3CCC1C3)CC2. The predicted octanol–water partition coefficient (Wildman–Crippen LogP) is 2.58. The molecule has 1 amide bonds. The lowest BCUT2D eigenvalue weighted by Gasteiger charge is -2.25. The third-order valence-electron chi connectivity index (χ3n) is 6.72. The van der Waals surface area contributed by atoms with Crippen molar-refractivity contribution < 1.29 is 15.0 Å². The second-order valence-corrected chi connectivity index (χ2v) is 7.97. The Morgan fingerprint density at radius 1 is 1.17 bits per heavy atom. The number of hydrogen-bond acceptors (Lipinski definition) is 3. The quantitative estimate of drug-likeness (QED) is 0.793. The van der Waals surface area contributed by atoms with E-state index < -0.39 is 0 Å². The van der Waals surface area contributed by atoms with Gasteiger partial charge in [0, 0.05) is 30.1 Å². The molecule has 1 aromatic rings. The molecule has 1 aromatic heterocycles. The zero-order valence-electron chi connectivity index (χ0n) is 14.4. The first kappa shape index (κ1) is 15.9. The van der Waals surface area contributed by atoms with Crippen molar-refractivity contribution in [2.45, 2.75) is 58.4 Å². The van der Waals surface area contributed by atoms with Gasteiger partial charge in [0.1, 0.15) is 0 Å². The fraction of sp³-hybridized carbons (Fsp3) is 0.737. The molecule has 5 heteroatoms. The Morgan fingerprint density at radius 3 is 2.62 bits per heavy atom. The van der Waals surface area contributed by atoms with Crippen molar-refractivity contribution in [1.29, 1.82) is 0 Å². The minimum Gasteiger partial charge on any atom is -0.494 e. The molecule has 0 aliphatic heterocycles. The molecule has 24 heavy (non-hydrogen) atoms. The molecule has 0 saturated heterocycles. The summed E-state index contributed by atoms with van der Waals surface area (Å²) < 4.78 is 1.53. The maximum Gasteiger partial charge on any atom is 0.223 e. The predicted molar refractivity (Wildman–Crippen MR) is 90.9 cm³/mol. The van der Waals surface area contributed by atoms with Crippen LogP contribution in [0.4, 0.5) is 0 Å². The van der Waals surface area contributed by atoms with Crippen LogP contribution in [0.5, 0.6) is 11.8 Å². The minimum absolute atomic E-state index is 0.0888. The lowest BCUT2D eigenvalue weighted by atomic mass is 9.84. The van der Waals surface area contributed by atoms with Gasteiger partial charge in [-0.15, -0.1) is 0 Å². The van der Waals surface area contributed by atoms with Gasteiger partial charge < -0.3 is 15.5 Å². The van der Waals surface area contributed by atoms with Gasteiger partial charge in [-0.3, -0.25) is 9.36 Å². The first-order valence-corrected chi connectivity index (χ1v) is 9.48. The summed E-state index contributed by atoms with van der Waals surface area (Å²) in [5.41, 5.74) is 1.59. The van der Waals surface area contributed by atoms with Crippen molar-refractivity contribution in [3.05, 3.63) is 11.1 Å². The number of fused-ring (bicyclic) bond motifs is 3. The fourth-order valence-electron chi connectivity index (χ4n) is 5.37. The first-order valence-electron chi connectivity index (χ1n) is 9.48. The van der Waals surface area contributed by atoms with Gasteiger partial charge >= 0.3 is 0 Å². The highest BCUT2D eigenvalue weighted by Gasteiger charge is 2.39. The van der Waals surface area contributed by atoms with Crippen molar-refractivity contribution in [3.63, 3.8) is 0 Å². The number of aromatic hydroxyl groups is 2. The highest BCUT2D eigenvalue weighted by atomic mass is 16.3. The second-order valence-electron chi connectivity index (χ2n) is 7.97. The summed E-state index contributed by atoms with van der Waals surface area (Å²) in [7, 11) is 0. The summed E-state index contributed by atoms with van der Waals surface area (Å²) in [5.74, 6) is 2.74. The van der Waals surface area contributed by atoms with Crippen LogP contribution < -0.4 is 5.32 Å². The molecule has 5 nitrogen and oxygen atoms in total. The van der Waals surface area contributed by atoms with Gasteiger partial charge in [0.25, 0.3) is 0 Å². The number of carbonyl (C=O) groups is 1. The Kier molecular flexibility index (Phi) is 3.97. The monoisotopic (exact) mass is 332 g/mol. The molecule has 2 bridgehead atoms. The Morgan fingerprint density at radius 2 is 1.96 bits per heavy atom. The van der Waals surface area contributed by atoms with E-state index in [-0.39, 0.29) is 23.6 Å². The van der Waals surface area contributed by atoms with E-state index in [4.69, 9.17) is 0 Å². The molecule has 0 spiro atoms. The Balaban J connectivity index is 1.38. The van der Waals surface area contributed by atoms with Crippen LogP contribution in [0.3, 0.4) is 0 Å². The van der Waals surface area contributed by atoms with Gasteiger partial charge in [-0.2, -0.15) is 0 Å². The van der Waals surface area contributed by atoms with Crippen molar-refractivity contribution in [1.82, 2.24) is 9.88 Å². The normalized spacial score (nSPS) is 31.2. The summed E-state index contributed by atoms with van der Waals surface area (Å²) >= 11 is 0. The first-order chi connectivity index (χ1) is 11.6. The summed E-state index contributed by atoms with van der Waals surface area (Å²) in [6.45, 7) is 3.24. The van der Waals surface area contributed by atoms with E-state index >= 15 is 0 Å². The van der Waals surface area contributed by atoms with E-state index in [1.807, 2.05) is 6.92 Å². The second kappa shape index (κ2) is 6.01. The van der Waals surface area contributed by atoms with Gasteiger partial charge in [0.15, 0.2) is 11.8 Å². The molecule has 3 aliphatic carbocycles. The zero-order chi connectivity index (χ0) is 16.8. The van der Waals surface area contributed by atoms with Gasteiger partial charge in [0.05, 0.1) is 0 Å².